The summed E-state index contributed by atoms with van der Waals surface area (Å²) in [6, 6.07) is 0. The van der Waals surface area contributed by atoms with E-state index in [1.165, 1.54) is 4.90 Å². The lowest BCUT2D eigenvalue weighted by Crippen LogP contribution is -2.54. The van der Waals surface area contributed by atoms with E-state index in [2.05, 4.69) is 14.9 Å². The molecule has 0 spiro atoms. The van der Waals surface area contributed by atoms with Crippen LogP contribution in [0.3, 0.4) is 0 Å². The van der Waals surface area contributed by atoms with Gasteiger partial charge in [0.15, 0.2) is 0 Å². The number of rotatable bonds is 5. The van der Waals surface area contributed by atoms with Gasteiger partial charge in [-0.15, -0.1) is 0 Å². The Labute approximate surface area is 131 Å². The summed E-state index contributed by atoms with van der Waals surface area (Å²) >= 11 is 0. The molecular weight excluding hydrogens is 284 g/mol. The minimum Gasteiger partial charge on any atom is -0.369 e. The van der Waals surface area contributed by atoms with Crippen LogP contribution in [0.15, 0.2) is 18.6 Å². The summed E-state index contributed by atoms with van der Waals surface area (Å²) in [5, 5.41) is 0. The second kappa shape index (κ2) is 7.02. The van der Waals surface area contributed by atoms with E-state index in [0.717, 1.165) is 12.4 Å². The normalized spacial score (nSPS) is 20.7. The number of hydrogen-bond donors (Lipinski definition) is 0. The predicted molar refractivity (Wildman–Crippen MR) is 82.7 cm³/mol. The molecule has 1 aromatic rings. The van der Waals surface area contributed by atoms with Crippen LogP contribution in [-0.2, 0) is 14.3 Å². The molecule has 1 aliphatic heterocycles. The summed E-state index contributed by atoms with van der Waals surface area (Å²) in [6.07, 6.45) is 4.97. The monoisotopic (exact) mass is 308 g/mol. The van der Waals surface area contributed by atoms with Gasteiger partial charge in [-0.3, -0.25) is 9.78 Å². The van der Waals surface area contributed by atoms with Gasteiger partial charge in [-0.2, -0.15) is 0 Å². The van der Waals surface area contributed by atoms with Gasteiger partial charge in [-0.1, -0.05) is 0 Å². The summed E-state index contributed by atoms with van der Waals surface area (Å²) < 4.78 is 11.5. The molecule has 7 nitrogen and oxygen atoms in total. The Morgan fingerprint density at radius 3 is 2.91 bits per heavy atom. The summed E-state index contributed by atoms with van der Waals surface area (Å²) in [4.78, 5) is 23.6. The first kappa shape index (κ1) is 16.6. The van der Waals surface area contributed by atoms with Gasteiger partial charge < -0.3 is 19.3 Å². The van der Waals surface area contributed by atoms with Crippen LogP contribution in [0.2, 0.25) is 0 Å². The topological polar surface area (TPSA) is 67.8 Å². The Morgan fingerprint density at radius 2 is 2.27 bits per heavy atom. The molecule has 0 unspecified atom stereocenters. The molecule has 1 amide bonds. The molecule has 1 aliphatic rings. The van der Waals surface area contributed by atoms with Crippen molar-refractivity contribution < 1.29 is 14.3 Å². The van der Waals surface area contributed by atoms with Crippen molar-refractivity contribution in [2.45, 2.75) is 25.6 Å². The Kier molecular flexibility index (Phi) is 5.31. The van der Waals surface area contributed by atoms with E-state index in [1.54, 1.807) is 32.7 Å². The number of carbonyl (C=O) groups is 1. The molecule has 0 aliphatic carbocycles. The first-order valence-electron chi connectivity index (χ1n) is 7.34. The van der Waals surface area contributed by atoms with Crippen LogP contribution in [-0.4, -0.2) is 72.9 Å². The highest BCUT2D eigenvalue weighted by Gasteiger charge is 2.34. The molecule has 2 heterocycles. The fraction of sp³-hybridized carbons (Fsp3) is 0.667. The van der Waals surface area contributed by atoms with E-state index >= 15 is 0 Å². The minimum absolute atomic E-state index is 0.0548. The van der Waals surface area contributed by atoms with E-state index in [0.29, 0.717) is 13.2 Å². The van der Waals surface area contributed by atoms with Crippen LogP contribution < -0.4 is 4.90 Å². The van der Waals surface area contributed by atoms with Crippen molar-refractivity contribution in [3.05, 3.63) is 18.6 Å². The van der Waals surface area contributed by atoms with E-state index in [9.17, 15) is 4.79 Å². The largest absolute Gasteiger partial charge is 0.369 e. The first-order chi connectivity index (χ1) is 10.4. The minimum atomic E-state index is -0.310. The first-order valence-corrected chi connectivity index (χ1v) is 7.34. The second-order valence-corrected chi connectivity index (χ2v) is 6.25. The van der Waals surface area contributed by atoms with Crippen LogP contribution in [0.1, 0.15) is 13.8 Å². The van der Waals surface area contributed by atoms with Crippen LogP contribution in [0.5, 0.6) is 0 Å². The Hall–Kier alpha value is -1.73. The zero-order valence-electron chi connectivity index (χ0n) is 13.7. The highest BCUT2D eigenvalue weighted by molar-refractivity contribution is 5.76. The highest BCUT2D eigenvalue weighted by Crippen LogP contribution is 2.24. The highest BCUT2D eigenvalue weighted by atomic mass is 16.5. The molecular formula is C15H24N4O3. The third-order valence-corrected chi connectivity index (χ3v) is 3.38. The molecule has 0 radical (unpaired) electrons. The van der Waals surface area contributed by atoms with Gasteiger partial charge >= 0.3 is 0 Å². The summed E-state index contributed by atoms with van der Waals surface area (Å²) in [6.45, 7) is 5.91. The molecule has 122 valence electrons. The van der Waals surface area contributed by atoms with Crippen molar-refractivity contribution in [3.8, 4) is 0 Å². The molecule has 2 rings (SSSR count). The number of carbonyl (C=O) groups excluding carboxylic acids is 1. The maximum atomic E-state index is 11.5. The molecule has 0 aromatic carbocycles. The van der Waals surface area contributed by atoms with Crippen LogP contribution in [0.4, 0.5) is 5.82 Å². The summed E-state index contributed by atoms with van der Waals surface area (Å²) in [5.41, 5.74) is -0.310. The number of nitrogens with zero attached hydrogens (tertiary/aromatic N) is 4. The Morgan fingerprint density at radius 1 is 1.50 bits per heavy atom. The van der Waals surface area contributed by atoms with Crippen molar-refractivity contribution in [2.24, 2.45) is 0 Å². The average Bonchev–Trinajstić information content (AvgIpc) is 2.46. The van der Waals surface area contributed by atoms with Crippen LogP contribution in [0, 0.1) is 0 Å². The van der Waals surface area contributed by atoms with Crippen molar-refractivity contribution in [1.82, 2.24) is 14.9 Å². The van der Waals surface area contributed by atoms with Gasteiger partial charge in [-0.25, -0.2) is 4.98 Å². The van der Waals surface area contributed by atoms with E-state index in [4.69, 9.17) is 9.47 Å². The van der Waals surface area contributed by atoms with Gasteiger partial charge in [0.2, 0.25) is 5.91 Å². The second-order valence-electron chi connectivity index (χ2n) is 6.25. The Bertz CT molecular complexity index is 493. The van der Waals surface area contributed by atoms with Crippen molar-refractivity contribution in [2.75, 3.05) is 45.3 Å². The summed E-state index contributed by atoms with van der Waals surface area (Å²) in [5.74, 6) is 0.772. The summed E-state index contributed by atoms with van der Waals surface area (Å²) in [7, 11) is 3.42. The van der Waals surface area contributed by atoms with E-state index in [-0.39, 0.29) is 24.2 Å². The number of ether oxygens (including phenoxy) is 2. The molecule has 0 saturated carbocycles. The molecule has 1 aromatic heterocycles. The van der Waals surface area contributed by atoms with Gasteiger partial charge in [-0.05, 0) is 13.8 Å². The molecule has 0 N–H and O–H groups in total. The average molecular weight is 308 g/mol. The van der Waals surface area contributed by atoms with Crippen LogP contribution in [0.25, 0.3) is 0 Å². The lowest BCUT2D eigenvalue weighted by atomic mass is 10.1. The van der Waals surface area contributed by atoms with E-state index < -0.39 is 0 Å². The van der Waals surface area contributed by atoms with Crippen molar-refractivity contribution in [3.63, 3.8) is 0 Å². The van der Waals surface area contributed by atoms with Crippen molar-refractivity contribution >= 4 is 11.7 Å². The molecule has 22 heavy (non-hydrogen) atoms. The van der Waals surface area contributed by atoms with E-state index in [1.807, 2.05) is 13.8 Å². The number of likely N-dealkylation sites (N-methyl/N-ethyl adjacent to an activating group) is 1. The fourth-order valence-corrected chi connectivity index (χ4v) is 2.42. The third-order valence-electron chi connectivity index (χ3n) is 3.38. The maximum absolute atomic E-state index is 11.5. The predicted octanol–water partition coefficient (Wildman–Crippen LogP) is 0.565. The van der Waals surface area contributed by atoms with Gasteiger partial charge in [0, 0.05) is 39.6 Å². The Balaban J connectivity index is 1.93. The SMILES string of the molecule is CN(C)C(=O)COC[C@@H]1CN(c2cnccn2)CC(C)(C)O1. The fourth-order valence-electron chi connectivity index (χ4n) is 2.42. The maximum Gasteiger partial charge on any atom is 0.248 e. The molecule has 1 saturated heterocycles. The quantitative estimate of drug-likeness (QED) is 0.792. The number of aromatic nitrogens is 2. The van der Waals surface area contributed by atoms with Crippen LogP contribution >= 0.6 is 0 Å². The van der Waals surface area contributed by atoms with Gasteiger partial charge in [0.25, 0.3) is 0 Å². The number of morpholine rings is 1. The lowest BCUT2D eigenvalue weighted by Gasteiger charge is -2.43. The lowest BCUT2D eigenvalue weighted by molar-refractivity contribution is -0.139. The third kappa shape index (κ3) is 4.64. The molecule has 1 fully saturated rings. The van der Waals surface area contributed by atoms with Crippen molar-refractivity contribution in [1.29, 1.82) is 0 Å². The standard InChI is InChI=1S/C15H24N4O3/c1-15(2)11-19(13-7-16-5-6-17-13)8-12(22-15)9-21-10-14(20)18(3)4/h5-7,12H,8-11H2,1-4H3/t12-/m0/s1. The molecule has 7 heteroatoms. The number of amides is 1. The smallest absolute Gasteiger partial charge is 0.248 e. The molecule has 1 atom stereocenters. The number of anilines is 1. The number of hydrogen-bond acceptors (Lipinski definition) is 6. The zero-order chi connectivity index (χ0) is 16.2. The molecule has 0 bridgehead atoms. The zero-order valence-corrected chi connectivity index (χ0v) is 13.7. The van der Waals surface area contributed by atoms with Gasteiger partial charge in [0.1, 0.15) is 12.4 Å². The van der Waals surface area contributed by atoms with Gasteiger partial charge in [0.05, 0.1) is 24.5 Å².